The number of fused-ring (bicyclic) bond motifs is 3. The van der Waals surface area contributed by atoms with Crippen molar-refractivity contribution in [2.75, 3.05) is 11.5 Å². The first-order chi connectivity index (χ1) is 17.5. The number of carboxylic acids is 1. The van der Waals surface area contributed by atoms with Crippen molar-refractivity contribution >= 4 is 23.5 Å². The van der Waals surface area contributed by atoms with Crippen molar-refractivity contribution in [3.63, 3.8) is 0 Å². The number of carboxylic acid groups (broad SMARTS) is 1. The second kappa shape index (κ2) is 10.9. The first kappa shape index (κ1) is 25.2. The van der Waals surface area contributed by atoms with Crippen LogP contribution in [0.3, 0.4) is 0 Å². The van der Waals surface area contributed by atoms with Gasteiger partial charge in [0, 0.05) is 29.9 Å². The van der Waals surface area contributed by atoms with Gasteiger partial charge in [0.15, 0.2) is 0 Å². The molecule has 1 aromatic rings. The van der Waals surface area contributed by atoms with Gasteiger partial charge in [0.25, 0.3) is 0 Å². The number of piperidine rings is 1. The Morgan fingerprint density at radius 1 is 0.917 bits per heavy atom. The fourth-order valence-corrected chi connectivity index (χ4v) is 7.28. The molecule has 36 heavy (non-hydrogen) atoms. The number of carbonyl (C=O) groups excluding carboxylic acids is 2. The molecule has 1 aromatic carbocycles. The summed E-state index contributed by atoms with van der Waals surface area (Å²) in [5, 5.41) is 21.0. The van der Waals surface area contributed by atoms with Gasteiger partial charge in [-0.25, -0.2) is 4.79 Å². The molecule has 0 radical (unpaired) electrons. The van der Waals surface area contributed by atoms with E-state index in [4.69, 9.17) is 0 Å². The van der Waals surface area contributed by atoms with E-state index in [2.05, 4.69) is 10.2 Å². The molecule has 8 nitrogen and oxygen atoms in total. The molecule has 1 aliphatic carbocycles. The van der Waals surface area contributed by atoms with E-state index in [1.165, 1.54) is 57.8 Å². The monoisotopic (exact) mass is 497 g/mol. The average molecular weight is 498 g/mol. The quantitative estimate of drug-likeness (QED) is 0.522. The molecule has 196 valence electrons. The van der Waals surface area contributed by atoms with Crippen LogP contribution in [0.15, 0.2) is 24.3 Å². The highest BCUT2D eigenvalue weighted by Crippen LogP contribution is 2.44. The Hall–Kier alpha value is -2.45. The molecule has 8 heteroatoms. The van der Waals surface area contributed by atoms with Gasteiger partial charge in [-0.2, -0.15) is 0 Å². The molecule has 4 aliphatic rings. The van der Waals surface area contributed by atoms with E-state index in [0.717, 1.165) is 24.1 Å². The highest BCUT2D eigenvalue weighted by Gasteiger charge is 2.48. The van der Waals surface area contributed by atoms with Crippen LogP contribution >= 0.6 is 0 Å². The van der Waals surface area contributed by atoms with Gasteiger partial charge in [0.05, 0.1) is 6.61 Å². The van der Waals surface area contributed by atoms with Crippen molar-refractivity contribution in [3.05, 3.63) is 29.8 Å². The van der Waals surface area contributed by atoms with Gasteiger partial charge in [0.2, 0.25) is 11.8 Å². The second-order valence-electron chi connectivity index (χ2n) is 11.1. The number of nitrogens with one attached hydrogen (secondary N) is 1. The molecule has 3 heterocycles. The Morgan fingerprint density at radius 3 is 2.19 bits per heavy atom. The number of aliphatic carboxylic acids is 1. The summed E-state index contributed by atoms with van der Waals surface area (Å²) in [6.45, 7) is -0.717. The van der Waals surface area contributed by atoms with Gasteiger partial charge in [-0.05, 0) is 56.6 Å². The second-order valence-corrected chi connectivity index (χ2v) is 11.1. The van der Waals surface area contributed by atoms with Crippen LogP contribution in [0.5, 0.6) is 0 Å². The van der Waals surface area contributed by atoms with E-state index in [1.807, 2.05) is 29.2 Å². The van der Waals surface area contributed by atoms with Crippen LogP contribution in [-0.2, 0) is 20.8 Å². The lowest BCUT2D eigenvalue weighted by molar-refractivity contribution is -0.145. The molecule has 2 unspecified atom stereocenters. The first-order valence-corrected chi connectivity index (χ1v) is 13.8. The van der Waals surface area contributed by atoms with Gasteiger partial charge in [-0.3, -0.25) is 14.5 Å². The number of carbonyl (C=O) groups is 3. The third-order valence-electron chi connectivity index (χ3n) is 8.95. The van der Waals surface area contributed by atoms with Crippen LogP contribution in [0.1, 0.15) is 76.2 Å². The number of para-hydroxylation sites is 1. The summed E-state index contributed by atoms with van der Waals surface area (Å²) in [5.74, 6) is -3.19. The van der Waals surface area contributed by atoms with Gasteiger partial charge in [-0.15, -0.1) is 0 Å². The van der Waals surface area contributed by atoms with E-state index in [-0.39, 0.29) is 18.4 Å². The predicted molar refractivity (Wildman–Crippen MR) is 136 cm³/mol. The lowest BCUT2D eigenvalue weighted by Crippen LogP contribution is -2.59. The SMILES string of the molecule is O=C(N[C@@H](CO)C(=O)O)C1Cc2ccccc2N(C2C[C@H]3CC[C@@H](C2)N3C2CCCCCCC2)C1=O. The number of benzene rings is 1. The van der Waals surface area contributed by atoms with Crippen LogP contribution < -0.4 is 10.2 Å². The Balaban J connectivity index is 1.36. The number of aliphatic hydroxyl groups excluding tert-OH is 1. The molecule has 2 amide bonds. The average Bonchev–Trinajstić information content (AvgIpc) is 3.10. The maximum absolute atomic E-state index is 13.8. The summed E-state index contributed by atoms with van der Waals surface area (Å²) >= 11 is 0. The van der Waals surface area contributed by atoms with E-state index >= 15 is 0 Å². The Bertz CT molecular complexity index is 962. The van der Waals surface area contributed by atoms with Crippen molar-refractivity contribution in [2.24, 2.45) is 5.92 Å². The topological polar surface area (TPSA) is 110 Å². The van der Waals surface area contributed by atoms with Gasteiger partial charge in [-0.1, -0.05) is 50.3 Å². The molecule has 1 saturated carbocycles. The van der Waals surface area contributed by atoms with Crippen LogP contribution in [-0.4, -0.2) is 69.7 Å². The molecule has 5 rings (SSSR count). The minimum atomic E-state index is -1.42. The van der Waals surface area contributed by atoms with Crippen molar-refractivity contribution < 1.29 is 24.6 Å². The standard InChI is InChI=1S/C28H39N3O5/c32-17-24(28(35)36)29-26(33)23-14-18-8-6-7-11-25(18)31(27(23)34)22-15-20-12-13-21(16-22)30(20)19-9-4-2-1-3-5-10-19/h6-8,11,19-24,32H,1-5,9-10,12-17H2,(H,29,33)(H,35,36)/t20-,21+,22?,23?,24-/m0/s1. The van der Waals surface area contributed by atoms with Gasteiger partial charge >= 0.3 is 5.97 Å². The predicted octanol–water partition coefficient (Wildman–Crippen LogP) is 2.86. The number of amides is 2. The summed E-state index contributed by atoms with van der Waals surface area (Å²) < 4.78 is 0. The van der Waals surface area contributed by atoms with E-state index in [1.54, 1.807) is 0 Å². The summed E-state index contributed by atoms with van der Waals surface area (Å²) in [5.41, 5.74) is 1.82. The Morgan fingerprint density at radius 2 is 1.56 bits per heavy atom. The van der Waals surface area contributed by atoms with Crippen LogP contribution in [0.25, 0.3) is 0 Å². The third kappa shape index (κ3) is 4.90. The van der Waals surface area contributed by atoms with Crippen molar-refractivity contribution in [1.82, 2.24) is 10.2 Å². The van der Waals surface area contributed by atoms with Gasteiger partial charge < -0.3 is 20.4 Å². The molecule has 2 bridgehead atoms. The lowest BCUT2D eigenvalue weighted by atomic mass is 9.85. The molecule has 0 aromatic heterocycles. The van der Waals surface area contributed by atoms with Crippen molar-refractivity contribution in [2.45, 2.75) is 107 Å². The zero-order valence-electron chi connectivity index (χ0n) is 21.0. The van der Waals surface area contributed by atoms with Crippen LogP contribution in [0.2, 0.25) is 0 Å². The summed E-state index contributed by atoms with van der Waals surface area (Å²) in [7, 11) is 0. The van der Waals surface area contributed by atoms with Crippen molar-refractivity contribution in [1.29, 1.82) is 0 Å². The Kier molecular flexibility index (Phi) is 7.62. The number of nitrogens with zero attached hydrogens (tertiary/aromatic N) is 2. The maximum Gasteiger partial charge on any atom is 0.328 e. The highest BCUT2D eigenvalue weighted by atomic mass is 16.4. The first-order valence-electron chi connectivity index (χ1n) is 13.8. The fraction of sp³-hybridized carbons (Fsp3) is 0.679. The largest absolute Gasteiger partial charge is 0.480 e. The lowest BCUT2D eigenvalue weighted by Gasteiger charge is -2.48. The van der Waals surface area contributed by atoms with Gasteiger partial charge in [0.1, 0.15) is 12.0 Å². The molecular formula is C28H39N3O5. The number of rotatable bonds is 6. The number of anilines is 1. The third-order valence-corrected chi connectivity index (χ3v) is 8.95. The van der Waals surface area contributed by atoms with Crippen LogP contribution in [0, 0.1) is 5.92 Å². The molecule has 0 spiro atoms. The smallest absolute Gasteiger partial charge is 0.328 e. The molecule has 2 saturated heterocycles. The number of hydrogen-bond donors (Lipinski definition) is 3. The summed E-state index contributed by atoms with van der Waals surface area (Å²) in [6, 6.07) is 7.98. The molecule has 3 fully saturated rings. The minimum Gasteiger partial charge on any atom is -0.480 e. The maximum atomic E-state index is 13.8. The Labute approximate surface area is 213 Å². The molecule has 3 aliphatic heterocycles. The summed E-state index contributed by atoms with van der Waals surface area (Å²) in [4.78, 5) is 42.9. The normalized spacial score (nSPS) is 30.2. The van der Waals surface area contributed by atoms with E-state index < -0.39 is 30.4 Å². The minimum absolute atomic E-state index is 0.0321. The fourth-order valence-electron chi connectivity index (χ4n) is 7.28. The van der Waals surface area contributed by atoms with E-state index in [0.29, 0.717) is 18.1 Å². The molecular weight excluding hydrogens is 458 g/mol. The number of hydrogen-bond acceptors (Lipinski definition) is 5. The number of aliphatic hydroxyl groups is 1. The molecule has 3 N–H and O–H groups in total. The summed E-state index contributed by atoms with van der Waals surface area (Å²) in [6.07, 6.45) is 13.6. The van der Waals surface area contributed by atoms with Crippen molar-refractivity contribution in [3.8, 4) is 0 Å². The zero-order chi connectivity index (χ0) is 25.2. The zero-order valence-corrected chi connectivity index (χ0v) is 21.0. The highest BCUT2D eigenvalue weighted by molar-refractivity contribution is 6.10. The van der Waals surface area contributed by atoms with E-state index in [9.17, 15) is 24.6 Å². The molecule has 5 atom stereocenters. The van der Waals surface area contributed by atoms with Crippen LogP contribution in [0.4, 0.5) is 5.69 Å².